The van der Waals surface area contributed by atoms with Crippen molar-refractivity contribution in [2.75, 3.05) is 20.2 Å². The third-order valence-electron chi connectivity index (χ3n) is 3.49. The average molecular weight is 239 g/mol. The van der Waals surface area contributed by atoms with Crippen molar-refractivity contribution >= 4 is 0 Å². The summed E-state index contributed by atoms with van der Waals surface area (Å²) in [5.74, 6) is 2.38. The fourth-order valence-electron chi connectivity index (χ4n) is 2.04. The number of hydrogen-bond acceptors (Lipinski definition) is 5. The molecule has 1 aromatic heterocycles. The Morgan fingerprint density at radius 2 is 2.29 bits per heavy atom. The molecule has 0 spiro atoms. The Balaban J connectivity index is 2.03. The number of methoxy groups -OCH3 is 1. The summed E-state index contributed by atoms with van der Waals surface area (Å²) in [6, 6.07) is 0. The van der Waals surface area contributed by atoms with Gasteiger partial charge in [0, 0.05) is 13.0 Å². The molecular weight excluding hydrogens is 218 g/mol. The third-order valence-corrected chi connectivity index (χ3v) is 3.49. The van der Waals surface area contributed by atoms with E-state index in [1.807, 2.05) is 0 Å². The zero-order chi connectivity index (χ0) is 12.3. The zero-order valence-corrected chi connectivity index (χ0v) is 10.8. The van der Waals surface area contributed by atoms with Crippen molar-refractivity contribution in [2.24, 2.45) is 5.92 Å². The van der Waals surface area contributed by atoms with E-state index in [2.05, 4.69) is 29.3 Å². The lowest BCUT2D eigenvalue weighted by atomic mass is 9.89. The van der Waals surface area contributed by atoms with Gasteiger partial charge in [0.2, 0.25) is 11.7 Å². The Bertz CT molecular complexity index is 333. The molecule has 0 aliphatic carbocycles. The molecule has 0 bridgehead atoms. The van der Waals surface area contributed by atoms with Crippen LogP contribution in [-0.2, 0) is 4.74 Å². The molecule has 5 heteroatoms. The van der Waals surface area contributed by atoms with Crippen LogP contribution in [0.3, 0.4) is 0 Å². The predicted octanol–water partition coefficient (Wildman–Crippen LogP) is 1.88. The highest BCUT2D eigenvalue weighted by molar-refractivity contribution is 5.00. The van der Waals surface area contributed by atoms with Gasteiger partial charge in [0.15, 0.2) is 0 Å². The summed E-state index contributed by atoms with van der Waals surface area (Å²) in [5.41, 5.74) is 0. The maximum atomic E-state index is 5.37. The Morgan fingerprint density at radius 1 is 1.53 bits per heavy atom. The van der Waals surface area contributed by atoms with E-state index in [1.165, 1.54) is 0 Å². The number of aromatic nitrogens is 2. The molecule has 1 fully saturated rings. The maximum Gasteiger partial charge on any atom is 0.229 e. The van der Waals surface area contributed by atoms with Crippen LogP contribution in [0.4, 0.5) is 0 Å². The standard InChI is InChI=1S/C12H21N3O2/c1-4-5-10(16-3)11-14-12(17-15-11)8(2)9-6-13-7-9/h8-10,13H,4-7H2,1-3H3. The molecule has 2 atom stereocenters. The smallest absolute Gasteiger partial charge is 0.229 e. The molecule has 1 aromatic rings. The molecule has 2 unspecified atom stereocenters. The van der Waals surface area contributed by atoms with Crippen LogP contribution in [0.25, 0.3) is 0 Å². The Labute approximate surface area is 102 Å². The molecule has 0 amide bonds. The largest absolute Gasteiger partial charge is 0.373 e. The van der Waals surface area contributed by atoms with Gasteiger partial charge in [-0.15, -0.1) is 0 Å². The minimum absolute atomic E-state index is 0.0378. The van der Waals surface area contributed by atoms with Gasteiger partial charge >= 0.3 is 0 Å². The highest BCUT2D eigenvalue weighted by Gasteiger charge is 2.29. The van der Waals surface area contributed by atoms with Gasteiger partial charge in [-0.1, -0.05) is 25.4 Å². The first kappa shape index (κ1) is 12.5. The van der Waals surface area contributed by atoms with Crippen LogP contribution < -0.4 is 5.32 Å². The Morgan fingerprint density at radius 3 is 2.82 bits per heavy atom. The van der Waals surface area contributed by atoms with E-state index in [1.54, 1.807) is 7.11 Å². The van der Waals surface area contributed by atoms with Gasteiger partial charge in [-0.2, -0.15) is 4.98 Å². The normalized spacial score (nSPS) is 19.9. The highest BCUT2D eigenvalue weighted by Crippen LogP contribution is 2.27. The molecule has 2 rings (SSSR count). The van der Waals surface area contributed by atoms with Gasteiger partial charge in [-0.05, 0) is 25.4 Å². The van der Waals surface area contributed by atoms with Crippen molar-refractivity contribution in [1.29, 1.82) is 0 Å². The second kappa shape index (κ2) is 5.60. The van der Waals surface area contributed by atoms with Gasteiger partial charge in [0.1, 0.15) is 6.10 Å². The molecule has 1 aliphatic rings. The van der Waals surface area contributed by atoms with Crippen LogP contribution in [0.2, 0.25) is 0 Å². The second-order valence-electron chi connectivity index (χ2n) is 4.71. The molecule has 1 N–H and O–H groups in total. The first-order valence-corrected chi connectivity index (χ1v) is 6.33. The topological polar surface area (TPSA) is 60.2 Å². The fourth-order valence-corrected chi connectivity index (χ4v) is 2.04. The predicted molar refractivity (Wildman–Crippen MR) is 63.7 cm³/mol. The van der Waals surface area contributed by atoms with E-state index in [0.29, 0.717) is 17.7 Å². The molecule has 1 saturated heterocycles. The SMILES string of the molecule is CCCC(OC)c1noc(C(C)C2CNC2)n1. The zero-order valence-electron chi connectivity index (χ0n) is 10.8. The summed E-state index contributed by atoms with van der Waals surface area (Å²) in [5, 5.41) is 7.29. The Kier molecular flexibility index (Phi) is 4.12. The number of nitrogens with zero attached hydrogens (tertiary/aromatic N) is 2. The summed E-state index contributed by atoms with van der Waals surface area (Å²) in [7, 11) is 1.69. The van der Waals surface area contributed by atoms with Crippen molar-refractivity contribution in [3.63, 3.8) is 0 Å². The molecule has 5 nitrogen and oxygen atoms in total. The first-order chi connectivity index (χ1) is 8.26. The number of hydrogen-bond donors (Lipinski definition) is 1. The minimum atomic E-state index is -0.0378. The van der Waals surface area contributed by atoms with Gasteiger partial charge in [-0.25, -0.2) is 0 Å². The van der Waals surface area contributed by atoms with Crippen LogP contribution in [0.15, 0.2) is 4.52 Å². The second-order valence-corrected chi connectivity index (χ2v) is 4.71. The van der Waals surface area contributed by atoms with Crippen molar-refractivity contribution in [2.45, 2.75) is 38.7 Å². The van der Waals surface area contributed by atoms with Gasteiger partial charge in [0.25, 0.3) is 0 Å². The summed E-state index contributed by atoms with van der Waals surface area (Å²) in [6.07, 6.45) is 1.93. The van der Waals surface area contributed by atoms with E-state index in [4.69, 9.17) is 9.26 Å². The Hall–Kier alpha value is -0.940. The van der Waals surface area contributed by atoms with E-state index >= 15 is 0 Å². The summed E-state index contributed by atoms with van der Waals surface area (Å²) < 4.78 is 10.7. The van der Waals surface area contributed by atoms with E-state index < -0.39 is 0 Å². The number of ether oxygens (including phenoxy) is 1. The molecule has 0 aromatic carbocycles. The maximum absolute atomic E-state index is 5.37. The lowest BCUT2D eigenvalue weighted by Gasteiger charge is -2.30. The first-order valence-electron chi connectivity index (χ1n) is 6.33. The molecule has 2 heterocycles. The third kappa shape index (κ3) is 2.66. The van der Waals surface area contributed by atoms with Crippen molar-refractivity contribution < 1.29 is 9.26 Å². The molecule has 96 valence electrons. The molecular formula is C12H21N3O2. The van der Waals surface area contributed by atoms with Gasteiger partial charge in [-0.3, -0.25) is 0 Å². The average Bonchev–Trinajstić information content (AvgIpc) is 2.72. The van der Waals surface area contributed by atoms with Gasteiger partial charge < -0.3 is 14.6 Å². The highest BCUT2D eigenvalue weighted by atomic mass is 16.5. The quantitative estimate of drug-likeness (QED) is 0.821. The van der Waals surface area contributed by atoms with Crippen LogP contribution in [-0.4, -0.2) is 30.3 Å². The molecule has 0 radical (unpaired) electrons. The minimum Gasteiger partial charge on any atom is -0.373 e. The molecule has 1 aliphatic heterocycles. The number of rotatable bonds is 6. The van der Waals surface area contributed by atoms with Crippen molar-refractivity contribution in [1.82, 2.24) is 15.5 Å². The van der Waals surface area contributed by atoms with Crippen molar-refractivity contribution in [3.8, 4) is 0 Å². The van der Waals surface area contributed by atoms with Crippen LogP contribution in [0, 0.1) is 5.92 Å². The van der Waals surface area contributed by atoms with Crippen LogP contribution in [0.1, 0.15) is 50.4 Å². The van der Waals surface area contributed by atoms with E-state index in [0.717, 1.165) is 31.8 Å². The lowest BCUT2D eigenvalue weighted by Crippen LogP contribution is -2.44. The summed E-state index contributed by atoms with van der Waals surface area (Å²) in [4.78, 5) is 4.47. The van der Waals surface area contributed by atoms with E-state index in [9.17, 15) is 0 Å². The fraction of sp³-hybridized carbons (Fsp3) is 0.833. The van der Waals surface area contributed by atoms with Crippen molar-refractivity contribution in [3.05, 3.63) is 11.7 Å². The van der Waals surface area contributed by atoms with Crippen LogP contribution >= 0.6 is 0 Å². The lowest BCUT2D eigenvalue weighted by molar-refractivity contribution is 0.0854. The monoisotopic (exact) mass is 239 g/mol. The van der Waals surface area contributed by atoms with E-state index in [-0.39, 0.29) is 6.10 Å². The molecule has 0 saturated carbocycles. The summed E-state index contributed by atoms with van der Waals surface area (Å²) in [6.45, 7) is 6.35. The summed E-state index contributed by atoms with van der Waals surface area (Å²) >= 11 is 0. The molecule has 17 heavy (non-hydrogen) atoms. The van der Waals surface area contributed by atoms with Crippen LogP contribution in [0.5, 0.6) is 0 Å². The number of nitrogens with one attached hydrogen (secondary N) is 1. The van der Waals surface area contributed by atoms with Gasteiger partial charge in [0.05, 0.1) is 0 Å².